The second-order valence-electron chi connectivity index (χ2n) is 9.54. The van der Waals surface area contributed by atoms with Crippen LogP contribution in [-0.2, 0) is 6.54 Å². The molecule has 32 heavy (non-hydrogen) atoms. The van der Waals surface area contributed by atoms with E-state index < -0.39 is 5.60 Å². The van der Waals surface area contributed by atoms with Crippen LogP contribution in [-0.4, -0.2) is 41.8 Å². The lowest BCUT2D eigenvalue weighted by Crippen LogP contribution is -2.59. The van der Waals surface area contributed by atoms with Gasteiger partial charge in [0.25, 0.3) is 0 Å². The molecule has 2 aliphatic heterocycles. The van der Waals surface area contributed by atoms with Crippen molar-refractivity contribution < 1.29 is 5.11 Å². The number of halogens is 2. The number of hydrogen-bond acceptors (Lipinski definition) is 3. The van der Waals surface area contributed by atoms with E-state index in [2.05, 4.69) is 59.2 Å². The van der Waals surface area contributed by atoms with Gasteiger partial charge in [0.2, 0.25) is 0 Å². The van der Waals surface area contributed by atoms with E-state index in [-0.39, 0.29) is 0 Å². The number of rotatable bonds is 5. The molecule has 1 N–H and O–H groups in total. The highest BCUT2D eigenvalue weighted by molar-refractivity contribution is 6.39. The second kappa shape index (κ2) is 8.39. The first-order chi connectivity index (χ1) is 15.3. The van der Waals surface area contributed by atoms with Gasteiger partial charge < -0.3 is 10.0 Å². The van der Waals surface area contributed by atoms with Gasteiger partial charge in [-0.15, -0.1) is 0 Å². The third kappa shape index (κ3) is 4.15. The Morgan fingerprint density at radius 1 is 0.969 bits per heavy atom. The molecular weight excluding hydrogens is 439 g/mol. The van der Waals surface area contributed by atoms with Crippen LogP contribution in [0.25, 0.3) is 11.1 Å². The Kier molecular flexibility index (Phi) is 5.71. The van der Waals surface area contributed by atoms with Crippen LogP contribution in [0.2, 0.25) is 10.0 Å². The Morgan fingerprint density at radius 2 is 1.62 bits per heavy atom. The monoisotopic (exact) mass is 466 g/mol. The van der Waals surface area contributed by atoms with Crippen LogP contribution >= 0.6 is 23.2 Å². The number of hydrogen-bond donors (Lipinski definition) is 1. The number of aryl methyl sites for hydroxylation is 1. The standard InChI is InChI=1S/C27H28Cl2N2O/c1-18-11-20(21-13-31(14-21)26-24(28)9-6-10-25(26)29)12-22(19-7-4-3-5-8-19)23(18)15-30-16-27(2,32)17-30/h3-12,21,32H,13-17H2,1-2H3. The van der Waals surface area contributed by atoms with Gasteiger partial charge in [-0.3, -0.25) is 4.90 Å². The SMILES string of the molecule is Cc1cc(C2CN(c3c(Cl)cccc3Cl)C2)cc(-c2ccccc2)c1CN1CC(C)(O)C1. The van der Waals surface area contributed by atoms with E-state index in [4.69, 9.17) is 23.2 Å². The van der Waals surface area contributed by atoms with Crippen LogP contribution in [0.4, 0.5) is 5.69 Å². The van der Waals surface area contributed by atoms with Crippen molar-refractivity contribution in [2.24, 2.45) is 0 Å². The van der Waals surface area contributed by atoms with Crippen molar-refractivity contribution in [1.29, 1.82) is 0 Å². The predicted octanol–water partition coefficient (Wildman–Crippen LogP) is 6.14. The highest BCUT2D eigenvalue weighted by atomic mass is 35.5. The lowest BCUT2D eigenvalue weighted by molar-refractivity contribution is -0.0871. The van der Waals surface area contributed by atoms with Crippen molar-refractivity contribution in [3.63, 3.8) is 0 Å². The van der Waals surface area contributed by atoms with Gasteiger partial charge in [-0.2, -0.15) is 0 Å². The zero-order valence-electron chi connectivity index (χ0n) is 18.5. The highest BCUT2D eigenvalue weighted by Gasteiger charge is 2.37. The third-order valence-corrected chi connectivity index (χ3v) is 7.31. The summed E-state index contributed by atoms with van der Waals surface area (Å²) >= 11 is 12.8. The van der Waals surface area contributed by atoms with Gasteiger partial charge in [0.1, 0.15) is 0 Å². The summed E-state index contributed by atoms with van der Waals surface area (Å²) in [5.41, 5.74) is 6.93. The van der Waals surface area contributed by atoms with E-state index >= 15 is 0 Å². The van der Waals surface area contributed by atoms with Gasteiger partial charge in [0.05, 0.1) is 21.3 Å². The van der Waals surface area contributed by atoms with Gasteiger partial charge in [-0.1, -0.05) is 71.7 Å². The lowest BCUT2D eigenvalue weighted by atomic mass is 9.84. The molecule has 3 nitrogen and oxygen atoms in total. The maximum Gasteiger partial charge on any atom is 0.0872 e. The summed E-state index contributed by atoms with van der Waals surface area (Å²) in [5.74, 6) is 0.447. The lowest BCUT2D eigenvalue weighted by Gasteiger charge is -2.45. The highest BCUT2D eigenvalue weighted by Crippen LogP contribution is 2.41. The Morgan fingerprint density at radius 3 is 2.25 bits per heavy atom. The number of likely N-dealkylation sites (tertiary alicyclic amines) is 1. The van der Waals surface area contributed by atoms with Crippen molar-refractivity contribution in [2.45, 2.75) is 31.9 Å². The molecule has 0 saturated carbocycles. The molecule has 2 saturated heterocycles. The zero-order valence-corrected chi connectivity index (χ0v) is 20.0. The van der Waals surface area contributed by atoms with Gasteiger partial charge in [-0.25, -0.2) is 0 Å². The van der Waals surface area contributed by atoms with E-state index in [1.54, 1.807) is 0 Å². The van der Waals surface area contributed by atoms with Crippen molar-refractivity contribution in [3.05, 3.63) is 87.4 Å². The van der Waals surface area contributed by atoms with Crippen LogP contribution in [0, 0.1) is 6.92 Å². The molecule has 0 aromatic heterocycles. The van der Waals surface area contributed by atoms with Gasteiger partial charge in [-0.05, 0) is 53.8 Å². The Hall–Kier alpha value is -2.04. The van der Waals surface area contributed by atoms with E-state index in [0.29, 0.717) is 16.0 Å². The molecule has 0 bridgehead atoms. The molecule has 0 unspecified atom stereocenters. The van der Waals surface area contributed by atoms with E-state index in [9.17, 15) is 5.11 Å². The summed E-state index contributed by atoms with van der Waals surface area (Å²) < 4.78 is 0. The number of anilines is 1. The molecule has 0 amide bonds. The fourth-order valence-electron chi connectivity index (χ4n) is 5.08. The Bertz CT molecular complexity index is 1110. The summed E-state index contributed by atoms with van der Waals surface area (Å²) in [6, 6.07) is 21.0. The smallest absolute Gasteiger partial charge is 0.0872 e. The molecule has 5 rings (SSSR count). The maximum atomic E-state index is 10.2. The minimum absolute atomic E-state index is 0.447. The maximum absolute atomic E-state index is 10.2. The number of para-hydroxylation sites is 1. The normalized spacial score (nSPS) is 18.3. The van der Waals surface area contributed by atoms with Crippen LogP contribution in [0.5, 0.6) is 0 Å². The molecule has 166 valence electrons. The van der Waals surface area contributed by atoms with Crippen molar-refractivity contribution in [1.82, 2.24) is 4.90 Å². The Balaban J connectivity index is 1.43. The molecule has 2 aliphatic rings. The van der Waals surface area contributed by atoms with E-state index in [1.165, 1.54) is 27.8 Å². The zero-order chi connectivity index (χ0) is 22.5. The minimum Gasteiger partial charge on any atom is -0.388 e. The summed E-state index contributed by atoms with van der Waals surface area (Å²) in [5, 5.41) is 11.6. The van der Waals surface area contributed by atoms with Gasteiger partial charge >= 0.3 is 0 Å². The molecule has 5 heteroatoms. The van der Waals surface area contributed by atoms with Crippen LogP contribution in [0.3, 0.4) is 0 Å². The van der Waals surface area contributed by atoms with Crippen molar-refractivity contribution in [3.8, 4) is 11.1 Å². The quantitative estimate of drug-likeness (QED) is 0.489. The van der Waals surface area contributed by atoms with Gasteiger partial charge in [0.15, 0.2) is 0 Å². The summed E-state index contributed by atoms with van der Waals surface area (Å²) in [4.78, 5) is 4.59. The molecule has 0 aliphatic carbocycles. The number of aliphatic hydroxyl groups is 1. The molecule has 3 aromatic rings. The molecule has 2 fully saturated rings. The fourth-order valence-corrected chi connectivity index (χ4v) is 5.72. The molecule has 0 radical (unpaired) electrons. The Labute approximate surface area is 200 Å². The largest absolute Gasteiger partial charge is 0.388 e. The average Bonchev–Trinajstić information content (AvgIpc) is 2.70. The topological polar surface area (TPSA) is 26.7 Å². The van der Waals surface area contributed by atoms with Crippen molar-refractivity contribution >= 4 is 28.9 Å². The number of nitrogens with zero attached hydrogens (tertiary/aromatic N) is 2. The summed E-state index contributed by atoms with van der Waals surface area (Å²) in [6.45, 7) is 8.24. The summed E-state index contributed by atoms with van der Waals surface area (Å²) in [7, 11) is 0. The molecule has 3 aromatic carbocycles. The molecule has 0 atom stereocenters. The second-order valence-corrected chi connectivity index (χ2v) is 10.4. The third-order valence-electron chi connectivity index (χ3n) is 6.70. The molecular formula is C27H28Cl2N2O. The molecule has 2 heterocycles. The first kappa shape index (κ1) is 21.8. The van der Waals surface area contributed by atoms with E-state index in [0.717, 1.165) is 38.4 Å². The number of benzene rings is 3. The van der Waals surface area contributed by atoms with Crippen LogP contribution in [0.15, 0.2) is 60.7 Å². The first-order valence-corrected chi connectivity index (χ1v) is 11.9. The minimum atomic E-state index is -0.559. The first-order valence-electron chi connectivity index (χ1n) is 11.1. The van der Waals surface area contributed by atoms with Gasteiger partial charge in [0, 0.05) is 38.6 Å². The summed E-state index contributed by atoms with van der Waals surface area (Å²) in [6.07, 6.45) is 0. The van der Waals surface area contributed by atoms with Crippen LogP contribution < -0.4 is 4.90 Å². The van der Waals surface area contributed by atoms with Crippen molar-refractivity contribution in [2.75, 3.05) is 31.1 Å². The average molecular weight is 467 g/mol. The van der Waals surface area contributed by atoms with E-state index in [1.807, 2.05) is 25.1 Å². The molecule has 0 spiro atoms. The van der Waals surface area contributed by atoms with Crippen LogP contribution in [0.1, 0.15) is 29.5 Å². The number of β-amino-alcohol motifs (C(OH)–C–C–N with tert-alkyl or cyclic N) is 1. The predicted molar refractivity (Wildman–Crippen MR) is 134 cm³/mol. The fraction of sp³-hybridized carbons (Fsp3) is 0.333.